The maximum Gasteiger partial charge on any atom is 0.177 e. The Morgan fingerprint density at radius 1 is 1.42 bits per heavy atom. The van der Waals surface area contributed by atoms with Crippen molar-refractivity contribution in [2.75, 3.05) is 0 Å². The summed E-state index contributed by atoms with van der Waals surface area (Å²) >= 11 is 0. The summed E-state index contributed by atoms with van der Waals surface area (Å²) in [5.41, 5.74) is 7.07. The minimum absolute atomic E-state index is 0.290. The number of rotatable bonds is 1. The summed E-state index contributed by atoms with van der Waals surface area (Å²) in [5, 5.41) is 8.52. The van der Waals surface area contributed by atoms with Crippen molar-refractivity contribution in [1.82, 2.24) is 0 Å². The van der Waals surface area contributed by atoms with Gasteiger partial charge in [-0.05, 0) is 6.07 Å². The first-order chi connectivity index (χ1) is 5.83. The molecule has 1 aromatic carbocycles. The van der Waals surface area contributed by atoms with E-state index in [2.05, 4.69) is 9.88 Å². The smallest absolute Gasteiger partial charge is 0.177 e. The van der Waals surface area contributed by atoms with Gasteiger partial charge in [0.25, 0.3) is 0 Å². The molecule has 62 valence electrons. The van der Waals surface area contributed by atoms with Crippen LogP contribution in [0, 0.1) is 0 Å². The van der Waals surface area contributed by atoms with Gasteiger partial charge in [-0.3, -0.25) is 5.26 Å². The molecule has 0 fully saturated rings. The van der Waals surface area contributed by atoms with E-state index >= 15 is 0 Å². The summed E-state index contributed by atoms with van der Waals surface area (Å²) < 4.78 is 0. The van der Waals surface area contributed by atoms with Crippen molar-refractivity contribution in [3.8, 4) is 0 Å². The quantitative estimate of drug-likeness (QED) is 0.484. The number of hydrogen-bond donors (Lipinski definition) is 2. The van der Waals surface area contributed by atoms with Crippen LogP contribution in [0.4, 0.5) is 5.69 Å². The van der Waals surface area contributed by atoms with E-state index in [4.69, 9.17) is 11.0 Å². The molecule has 4 heteroatoms. The molecule has 4 nitrogen and oxygen atoms in total. The Hall–Kier alpha value is -1.39. The molecule has 1 aliphatic heterocycles. The monoisotopic (exact) mass is 164 g/mol. The minimum Gasteiger partial charge on any atom is -0.385 e. The molecule has 12 heavy (non-hydrogen) atoms. The zero-order valence-electron chi connectivity index (χ0n) is 6.27. The van der Waals surface area contributed by atoms with Crippen LogP contribution < -0.4 is 5.73 Å². The Bertz CT molecular complexity index is 336. The van der Waals surface area contributed by atoms with Crippen LogP contribution in [-0.4, -0.2) is 11.1 Å². The van der Waals surface area contributed by atoms with E-state index in [0.717, 1.165) is 11.3 Å². The molecule has 1 unspecified atom stereocenters. The largest absolute Gasteiger partial charge is 0.385 e. The lowest BCUT2D eigenvalue weighted by molar-refractivity contribution is -0.262. The Balaban J connectivity index is 2.50. The highest BCUT2D eigenvalue weighted by atomic mass is 17.1. The van der Waals surface area contributed by atoms with Gasteiger partial charge in [0.15, 0.2) is 6.10 Å². The molecule has 0 amide bonds. The Labute approximate surface area is 69.2 Å². The zero-order chi connectivity index (χ0) is 8.55. The lowest BCUT2D eigenvalue weighted by Gasteiger charge is -2.05. The summed E-state index contributed by atoms with van der Waals surface area (Å²) in [6.45, 7) is 0. The number of para-hydroxylation sites is 1. The molecule has 0 saturated carbocycles. The third kappa shape index (κ3) is 0.895. The summed E-state index contributed by atoms with van der Waals surface area (Å²) in [4.78, 5) is 8.21. The number of hydrogen-bond acceptors (Lipinski definition) is 4. The van der Waals surface area contributed by atoms with Gasteiger partial charge in [0, 0.05) is 5.56 Å². The zero-order valence-corrected chi connectivity index (χ0v) is 6.27. The van der Waals surface area contributed by atoms with E-state index < -0.39 is 6.10 Å². The van der Waals surface area contributed by atoms with Gasteiger partial charge in [-0.15, -0.1) is 0 Å². The van der Waals surface area contributed by atoms with E-state index in [0.29, 0.717) is 5.84 Å². The number of fused-ring (bicyclic) bond motifs is 1. The van der Waals surface area contributed by atoms with Crippen molar-refractivity contribution in [1.29, 1.82) is 0 Å². The summed E-state index contributed by atoms with van der Waals surface area (Å²) in [7, 11) is 0. The highest BCUT2D eigenvalue weighted by Gasteiger charge is 2.25. The maximum atomic E-state index is 8.52. The molecule has 0 aromatic heterocycles. The SMILES string of the molecule is NC1=Nc2ccccc2C1OO. The van der Waals surface area contributed by atoms with E-state index in [1.165, 1.54) is 0 Å². The van der Waals surface area contributed by atoms with E-state index in [1.54, 1.807) is 0 Å². The van der Waals surface area contributed by atoms with Crippen LogP contribution in [-0.2, 0) is 4.89 Å². The van der Waals surface area contributed by atoms with Crippen molar-refractivity contribution in [2.45, 2.75) is 6.10 Å². The standard InChI is InChI=1S/C8H8N2O2/c9-8-7(12-11)5-3-1-2-4-6(5)10-8/h1-4,7,11H,(H2,9,10). The number of amidine groups is 1. The first-order valence-electron chi connectivity index (χ1n) is 3.56. The average molecular weight is 164 g/mol. The second-order valence-corrected chi connectivity index (χ2v) is 2.58. The van der Waals surface area contributed by atoms with Gasteiger partial charge in [0.05, 0.1) is 5.69 Å². The fourth-order valence-corrected chi connectivity index (χ4v) is 1.28. The third-order valence-corrected chi connectivity index (χ3v) is 1.84. The van der Waals surface area contributed by atoms with Crippen LogP contribution >= 0.6 is 0 Å². The van der Waals surface area contributed by atoms with Crippen molar-refractivity contribution in [3.05, 3.63) is 29.8 Å². The molecule has 0 saturated heterocycles. The van der Waals surface area contributed by atoms with Gasteiger partial charge in [-0.1, -0.05) is 18.2 Å². The first kappa shape index (κ1) is 7.27. The molecule has 0 spiro atoms. The second kappa shape index (κ2) is 2.58. The van der Waals surface area contributed by atoms with Gasteiger partial charge in [-0.25, -0.2) is 9.88 Å². The molecule has 0 radical (unpaired) electrons. The molecule has 1 heterocycles. The van der Waals surface area contributed by atoms with Crippen molar-refractivity contribution >= 4 is 11.5 Å². The number of benzene rings is 1. The Morgan fingerprint density at radius 2 is 2.17 bits per heavy atom. The summed E-state index contributed by atoms with van der Waals surface area (Å²) in [6, 6.07) is 7.34. The number of aliphatic imine (C=N–C) groups is 1. The van der Waals surface area contributed by atoms with Crippen molar-refractivity contribution in [2.24, 2.45) is 10.7 Å². The van der Waals surface area contributed by atoms with Gasteiger partial charge in [0.2, 0.25) is 0 Å². The van der Waals surface area contributed by atoms with Gasteiger partial charge in [-0.2, -0.15) is 0 Å². The topological polar surface area (TPSA) is 67.8 Å². The molecule has 1 aromatic rings. The lowest BCUT2D eigenvalue weighted by atomic mass is 10.1. The van der Waals surface area contributed by atoms with E-state index in [1.807, 2.05) is 24.3 Å². The summed E-state index contributed by atoms with van der Waals surface area (Å²) in [6.07, 6.45) is -0.596. The summed E-state index contributed by atoms with van der Waals surface area (Å²) in [5.74, 6) is 0.290. The molecular weight excluding hydrogens is 156 g/mol. The van der Waals surface area contributed by atoms with Gasteiger partial charge >= 0.3 is 0 Å². The van der Waals surface area contributed by atoms with Crippen LogP contribution in [0.1, 0.15) is 11.7 Å². The highest BCUT2D eigenvalue weighted by Crippen LogP contribution is 2.33. The predicted molar refractivity (Wildman–Crippen MR) is 44.2 cm³/mol. The van der Waals surface area contributed by atoms with Crippen molar-refractivity contribution in [3.63, 3.8) is 0 Å². The van der Waals surface area contributed by atoms with Gasteiger partial charge in [0.1, 0.15) is 5.84 Å². The van der Waals surface area contributed by atoms with Crippen LogP contribution in [0.15, 0.2) is 29.3 Å². The fraction of sp³-hybridized carbons (Fsp3) is 0.125. The predicted octanol–water partition coefficient (Wildman–Crippen LogP) is 1.22. The van der Waals surface area contributed by atoms with Crippen LogP contribution in [0.25, 0.3) is 0 Å². The Morgan fingerprint density at radius 3 is 2.92 bits per heavy atom. The van der Waals surface area contributed by atoms with Crippen LogP contribution in [0.2, 0.25) is 0 Å². The van der Waals surface area contributed by atoms with Crippen molar-refractivity contribution < 1.29 is 10.1 Å². The number of nitrogens with zero attached hydrogens (tertiary/aromatic N) is 1. The van der Waals surface area contributed by atoms with Crippen LogP contribution in [0.5, 0.6) is 0 Å². The second-order valence-electron chi connectivity index (χ2n) is 2.58. The third-order valence-electron chi connectivity index (χ3n) is 1.84. The minimum atomic E-state index is -0.596. The molecule has 2 rings (SSSR count). The van der Waals surface area contributed by atoms with E-state index in [9.17, 15) is 0 Å². The van der Waals surface area contributed by atoms with E-state index in [-0.39, 0.29) is 0 Å². The van der Waals surface area contributed by atoms with Crippen LogP contribution in [0.3, 0.4) is 0 Å². The molecule has 1 aliphatic rings. The average Bonchev–Trinajstić information content (AvgIpc) is 2.40. The molecular formula is C8H8N2O2. The molecule has 1 atom stereocenters. The van der Waals surface area contributed by atoms with Gasteiger partial charge < -0.3 is 5.73 Å². The fourth-order valence-electron chi connectivity index (χ4n) is 1.28. The first-order valence-corrected chi connectivity index (χ1v) is 3.56. The normalized spacial score (nSPS) is 20.4. The molecule has 3 N–H and O–H groups in total. The maximum absolute atomic E-state index is 8.52. The Kier molecular flexibility index (Phi) is 1.56. The highest BCUT2D eigenvalue weighted by molar-refractivity contribution is 5.93. The molecule has 0 bridgehead atoms. The molecule has 0 aliphatic carbocycles. The lowest BCUT2D eigenvalue weighted by Crippen LogP contribution is -2.19. The number of nitrogens with two attached hydrogens (primary N) is 1.